The van der Waals surface area contributed by atoms with Gasteiger partial charge in [0.2, 0.25) is 0 Å². The summed E-state index contributed by atoms with van der Waals surface area (Å²) in [5.41, 5.74) is 3.83. The monoisotopic (exact) mass is 364 g/mol. The highest BCUT2D eigenvalue weighted by molar-refractivity contribution is 5.89. The lowest BCUT2D eigenvalue weighted by Gasteiger charge is -2.33. The van der Waals surface area contributed by atoms with Crippen LogP contribution in [0, 0.1) is 0 Å². The minimum absolute atomic E-state index is 0.0507. The highest BCUT2D eigenvalue weighted by Gasteiger charge is 2.24. The highest BCUT2D eigenvalue weighted by atomic mass is 16.5. The van der Waals surface area contributed by atoms with Gasteiger partial charge in [0.1, 0.15) is 6.33 Å². The molecule has 0 bridgehead atoms. The number of hydrogen-bond donors (Lipinski definition) is 1. The van der Waals surface area contributed by atoms with Crippen LogP contribution in [0.5, 0.6) is 0 Å². The number of nitrogens with zero attached hydrogens (tertiary/aromatic N) is 3. The first kappa shape index (κ1) is 17.5. The van der Waals surface area contributed by atoms with Gasteiger partial charge in [-0.1, -0.05) is 12.1 Å². The summed E-state index contributed by atoms with van der Waals surface area (Å²) in [4.78, 5) is 19.0. The molecule has 0 saturated carbocycles. The summed E-state index contributed by atoms with van der Waals surface area (Å²) in [5, 5.41) is 3.02. The van der Waals surface area contributed by atoms with E-state index in [0.29, 0.717) is 6.54 Å². The second-order valence-electron chi connectivity index (χ2n) is 6.71. The molecule has 2 aromatic carbocycles. The molecule has 1 N–H and O–H groups in total. The first-order valence-corrected chi connectivity index (χ1v) is 9.44. The highest BCUT2D eigenvalue weighted by Crippen LogP contribution is 2.21. The van der Waals surface area contributed by atoms with E-state index in [-0.39, 0.29) is 12.1 Å². The van der Waals surface area contributed by atoms with Gasteiger partial charge in [0.25, 0.3) is 0 Å². The maximum absolute atomic E-state index is 12.7. The lowest BCUT2D eigenvalue weighted by Crippen LogP contribution is -2.45. The Hall–Kier alpha value is -2.86. The Balaban J connectivity index is 1.48. The zero-order chi connectivity index (χ0) is 18.6. The molecule has 2 amide bonds. The molecule has 1 aliphatic heterocycles. The number of carbonyl (C=O) groups excluding carboxylic acids is 1. The Bertz CT molecular complexity index is 913. The zero-order valence-corrected chi connectivity index (χ0v) is 15.5. The van der Waals surface area contributed by atoms with Crippen molar-refractivity contribution in [2.45, 2.75) is 25.8 Å². The van der Waals surface area contributed by atoms with Crippen LogP contribution < -0.4 is 5.32 Å². The molecule has 3 aromatic rings. The first-order chi connectivity index (χ1) is 13.3. The number of imidazole rings is 1. The zero-order valence-electron chi connectivity index (χ0n) is 15.5. The normalized spacial score (nSPS) is 15.0. The molecule has 1 aromatic heterocycles. The van der Waals surface area contributed by atoms with Crippen molar-refractivity contribution in [3.63, 3.8) is 0 Å². The van der Waals surface area contributed by atoms with Crippen molar-refractivity contribution in [3.05, 3.63) is 54.9 Å². The Morgan fingerprint density at radius 2 is 1.93 bits per heavy atom. The van der Waals surface area contributed by atoms with Crippen molar-refractivity contribution in [2.75, 3.05) is 25.1 Å². The fraction of sp³-hybridized carbons (Fsp3) is 0.333. The van der Waals surface area contributed by atoms with Crippen molar-refractivity contribution in [1.29, 1.82) is 0 Å². The van der Waals surface area contributed by atoms with Gasteiger partial charge in [-0.2, -0.15) is 0 Å². The number of carbonyl (C=O) groups is 1. The predicted octanol–water partition coefficient (Wildman–Crippen LogP) is 4.06. The third-order valence-electron chi connectivity index (χ3n) is 5.08. The molecule has 0 aliphatic carbocycles. The molecule has 140 valence electrons. The van der Waals surface area contributed by atoms with E-state index >= 15 is 0 Å². The molecular weight excluding hydrogens is 340 g/mol. The third kappa shape index (κ3) is 3.66. The van der Waals surface area contributed by atoms with E-state index in [4.69, 9.17) is 4.74 Å². The van der Waals surface area contributed by atoms with Gasteiger partial charge in [0, 0.05) is 37.2 Å². The minimum Gasteiger partial charge on any atom is -0.381 e. The average Bonchev–Trinajstić information content (AvgIpc) is 3.14. The molecule has 0 unspecified atom stereocenters. The largest absolute Gasteiger partial charge is 0.381 e. The number of hydrogen-bond acceptors (Lipinski definition) is 3. The van der Waals surface area contributed by atoms with Crippen molar-refractivity contribution in [1.82, 2.24) is 14.5 Å². The molecular formula is C21H24N4O2. The number of fused-ring (bicyclic) bond motifs is 1. The SMILES string of the molecule is CCN(C(=O)Nc1ccc(-n2cnc3ccccc32)cc1)C1CCOCC1. The second-order valence-corrected chi connectivity index (χ2v) is 6.71. The Morgan fingerprint density at radius 1 is 1.19 bits per heavy atom. The van der Waals surface area contributed by atoms with Gasteiger partial charge in [0.15, 0.2) is 0 Å². The molecule has 0 spiro atoms. The molecule has 1 aliphatic rings. The van der Waals surface area contributed by atoms with Gasteiger partial charge in [0.05, 0.1) is 11.0 Å². The molecule has 1 saturated heterocycles. The predicted molar refractivity (Wildman–Crippen MR) is 106 cm³/mol. The van der Waals surface area contributed by atoms with Crippen LogP contribution in [0.15, 0.2) is 54.9 Å². The lowest BCUT2D eigenvalue weighted by molar-refractivity contribution is 0.0494. The fourth-order valence-corrected chi connectivity index (χ4v) is 3.63. The van der Waals surface area contributed by atoms with Crippen LogP contribution in [-0.4, -0.2) is 46.3 Å². The Kier molecular flexibility index (Phi) is 5.07. The van der Waals surface area contributed by atoms with Crippen molar-refractivity contribution < 1.29 is 9.53 Å². The molecule has 2 heterocycles. The number of benzene rings is 2. The molecule has 4 rings (SSSR count). The number of amides is 2. The summed E-state index contributed by atoms with van der Waals surface area (Å²) in [5.74, 6) is 0. The standard InChI is InChI=1S/C21H24N4O2/c1-2-24(18-11-13-27-14-12-18)21(26)23-16-7-9-17(10-8-16)25-15-22-19-5-3-4-6-20(19)25/h3-10,15,18H,2,11-14H2,1H3,(H,23,26). The summed E-state index contributed by atoms with van der Waals surface area (Å²) >= 11 is 0. The minimum atomic E-state index is -0.0507. The number of ether oxygens (including phenoxy) is 1. The van der Waals surface area contributed by atoms with Crippen LogP contribution in [0.25, 0.3) is 16.7 Å². The van der Waals surface area contributed by atoms with Crippen LogP contribution in [0.1, 0.15) is 19.8 Å². The van der Waals surface area contributed by atoms with Crippen LogP contribution in [0.2, 0.25) is 0 Å². The summed E-state index contributed by atoms with van der Waals surface area (Å²) in [6.07, 6.45) is 3.62. The van der Waals surface area contributed by atoms with Gasteiger partial charge < -0.3 is 15.0 Å². The number of aromatic nitrogens is 2. The van der Waals surface area contributed by atoms with Gasteiger partial charge in [-0.05, 0) is 56.2 Å². The molecule has 1 fully saturated rings. The topological polar surface area (TPSA) is 59.4 Å². The third-order valence-corrected chi connectivity index (χ3v) is 5.08. The number of para-hydroxylation sites is 2. The summed E-state index contributed by atoms with van der Waals surface area (Å²) in [6.45, 7) is 4.15. The lowest BCUT2D eigenvalue weighted by atomic mass is 10.1. The quantitative estimate of drug-likeness (QED) is 0.759. The van der Waals surface area contributed by atoms with Crippen molar-refractivity contribution in [2.24, 2.45) is 0 Å². The van der Waals surface area contributed by atoms with Gasteiger partial charge in [-0.3, -0.25) is 4.57 Å². The van der Waals surface area contributed by atoms with E-state index in [1.165, 1.54) is 0 Å². The number of urea groups is 1. The second kappa shape index (κ2) is 7.80. The average molecular weight is 364 g/mol. The van der Waals surface area contributed by atoms with Gasteiger partial charge >= 0.3 is 6.03 Å². The van der Waals surface area contributed by atoms with Crippen LogP contribution in [0.4, 0.5) is 10.5 Å². The summed E-state index contributed by atoms with van der Waals surface area (Å²) in [7, 11) is 0. The molecule has 6 heteroatoms. The van der Waals surface area contributed by atoms with Crippen LogP contribution in [0.3, 0.4) is 0 Å². The van der Waals surface area contributed by atoms with E-state index in [9.17, 15) is 4.79 Å². The number of nitrogens with one attached hydrogen (secondary N) is 1. The van der Waals surface area contributed by atoms with Crippen LogP contribution in [-0.2, 0) is 4.74 Å². The maximum Gasteiger partial charge on any atom is 0.322 e. The summed E-state index contributed by atoms with van der Waals surface area (Å²) < 4.78 is 7.45. The molecule has 27 heavy (non-hydrogen) atoms. The van der Waals surface area contributed by atoms with Crippen molar-refractivity contribution >= 4 is 22.8 Å². The number of anilines is 1. The molecule has 0 radical (unpaired) electrons. The van der Waals surface area contributed by atoms with E-state index in [2.05, 4.69) is 10.3 Å². The van der Waals surface area contributed by atoms with E-state index in [0.717, 1.165) is 48.5 Å². The fourth-order valence-electron chi connectivity index (χ4n) is 3.63. The van der Waals surface area contributed by atoms with E-state index in [1.807, 2.05) is 71.2 Å². The number of rotatable bonds is 4. The Morgan fingerprint density at radius 3 is 2.67 bits per heavy atom. The smallest absolute Gasteiger partial charge is 0.322 e. The first-order valence-electron chi connectivity index (χ1n) is 9.44. The Labute approximate surface area is 158 Å². The maximum atomic E-state index is 12.7. The molecule has 0 atom stereocenters. The molecule has 6 nitrogen and oxygen atoms in total. The van der Waals surface area contributed by atoms with Crippen LogP contribution >= 0.6 is 0 Å². The van der Waals surface area contributed by atoms with Gasteiger partial charge in [-0.25, -0.2) is 9.78 Å². The van der Waals surface area contributed by atoms with Crippen molar-refractivity contribution in [3.8, 4) is 5.69 Å². The van der Waals surface area contributed by atoms with Gasteiger partial charge in [-0.15, -0.1) is 0 Å². The van der Waals surface area contributed by atoms with E-state index in [1.54, 1.807) is 0 Å². The van der Waals surface area contributed by atoms with E-state index < -0.39 is 0 Å². The summed E-state index contributed by atoms with van der Waals surface area (Å²) in [6, 6.07) is 16.1.